The van der Waals surface area contributed by atoms with Gasteiger partial charge in [0.15, 0.2) is 5.16 Å². The second-order valence-electron chi connectivity index (χ2n) is 2.50. The first-order chi connectivity index (χ1) is 5.93. The Labute approximate surface area is 127 Å². The molecule has 72 valence electrons. The summed E-state index contributed by atoms with van der Waals surface area (Å²) in [5, 5.41) is 0.161. The minimum atomic E-state index is -5.01. The van der Waals surface area contributed by atoms with E-state index in [9.17, 15) is 12.9 Å². The number of aromatic nitrogens is 2. The third-order valence-corrected chi connectivity index (χ3v) is 1.92. The molecule has 1 heterocycles. The summed E-state index contributed by atoms with van der Waals surface area (Å²) in [5.41, 5.74) is -0.481. The minimum absolute atomic E-state index is 0. The molecule has 0 aliphatic carbocycles. The van der Waals surface area contributed by atoms with Gasteiger partial charge in [-0.3, -0.25) is 4.98 Å². The van der Waals surface area contributed by atoms with E-state index in [1.807, 2.05) is 0 Å². The van der Waals surface area contributed by atoms with E-state index in [0.29, 0.717) is 5.69 Å². The summed E-state index contributed by atoms with van der Waals surface area (Å²) in [5.74, 6) is 0. The van der Waals surface area contributed by atoms with Gasteiger partial charge in [-0.2, -0.15) is 0 Å². The molecular weight excluding hydrogens is 239 g/mol. The van der Waals surface area contributed by atoms with E-state index in [0.717, 1.165) is 17.8 Å². The molecule has 0 aromatic carbocycles. The SMILES string of the molecule is CSc1nc(C)cc([B-](F)(F)F)n1.[K+]. The van der Waals surface area contributed by atoms with Gasteiger partial charge in [-0.15, -0.1) is 0 Å². The largest absolute Gasteiger partial charge is 1.00 e. The van der Waals surface area contributed by atoms with Gasteiger partial charge in [0.25, 0.3) is 0 Å². The number of rotatable bonds is 2. The molecule has 1 rings (SSSR count). The van der Waals surface area contributed by atoms with Crippen LogP contribution in [0.15, 0.2) is 11.2 Å². The van der Waals surface area contributed by atoms with Crippen molar-refractivity contribution in [3.63, 3.8) is 0 Å². The average molecular weight is 246 g/mol. The summed E-state index contributed by atoms with van der Waals surface area (Å²) in [4.78, 5) is 7.21. The van der Waals surface area contributed by atoms with Crippen molar-refractivity contribution in [2.45, 2.75) is 12.1 Å². The van der Waals surface area contributed by atoms with E-state index in [1.54, 1.807) is 6.26 Å². The summed E-state index contributed by atoms with van der Waals surface area (Å²) in [6.45, 7) is -3.49. The van der Waals surface area contributed by atoms with Crippen molar-refractivity contribution in [3.05, 3.63) is 11.8 Å². The zero-order valence-corrected chi connectivity index (χ0v) is 12.0. The first-order valence-electron chi connectivity index (χ1n) is 3.53. The topological polar surface area (TPSA) is 25.8 Å². The van der Waals surface area contributed by atoms with Crippen molar-refractivity contribution < 1.29 is 64.3 Å². The monoisotopic (exact) mass is 246 g/mol. The summed E-state index contributed by atoms with van der Waals surface area (Å²) in [7, 11) is 0. The fourth-order valence-electron chi connectivity index (χ4n) is 0.824. The Morgan fingerprint density at radius 3 is 2.29 bits per heavy atom. The van der Waals surface area contributed by atoms with Crippen LogP contribution < -0.4 is 57.0 Å². The fraction of sp³-hybridized carbons (Fsp3) is 0.333. The standard InChI is InChI=1S/C6H7BF3N2S.K/c1-4-3-5(7(8,9)10)12-6(11-4)13-2;/h3H,1-2H3;/q-1;+1. The van der Waals surface area contributed by atoms with Crippen molar-refractivity contribution in [2.75, 3.05) is 6.26 Å². The Kier molecular flexibility index (Phi) is 6.24. The van der Waals surface area contributed by atoms with Crippen molar-refractivity contribution in [3.8, 4) is 0 Å². The van der Waals surface area contributed by atoms with Gasteiger partial charge in [-0.05, 0) is 24.8 Å². The van der Waals surface area contributed by atoms with Gasteiger partial charge < -0.3 is 12.9 Å². The first kappa shape index (κ1) is 14.9. The molecular formula is C6H7BF3KN2S. The van der Waals surface area contributed by atoms with Crippen LogP contribution in [0.5, 0.6) is 0 Å². The van der Waals surface area contributed by atoms with Crippen LogP contribution in [0.3, 0.4) is 0 Å². The summed E-state index contributed by atoms with van der Waals surface area (Å²) < 4.78 is 36.7. The van der Waals surface area contributed by atoms with Crippen LogP contribution in [0.4, 0.5) is 12.9 Å². The molecule has 0 unspecified atom stereocenters. The molecule has 1 aromatic rings. The molecule has 0 fully saturated rings. The Morgan fingerprint density at radius 1 is 1.29 bits per heavy atom. The molecule has 0 saturated heterocycles. The summed E-state index contributed by atoms with van der Waals surface area (Å²) in [6, 6.07) is 0.958. The van der Waals surface area contributed by atoms with E-state index in [4.69, 9.17) is 0 Å². The number of thioether (sulfide) groups is 1. The molecule has 0 atom stereocenters. The number of hydrogen-bond donors (Lipinski definition) is 0. The van der Waals surface area contributed by atoms with Crippen molar-refractivity contribution >= 4 is 24.3 Å². The maximum atomic E-state index is 12.2. The van der Waals surface area contributed by atoms with Crippen LogP contribution in [-0.4, -0.2) is 23.2 Å². The van der Waals surface area contributed by atoms with Crippen LogP contribution >= 0.6 is 11.8 Å². The number of nitrogens with zero attached hydrogens (tertiary/aromatic N) is 2. The van der Waals surface area contributed by atoms with Gasteiger partial charge >= 0.3 is 58.4 Å². The predicted molar refractivity (Wildman–Crippen MR) is 47.3 cm³/mol. The second kappa shape index (κ2) is 5.86. The molecule has 0 saturated carbocycles. The van der Waals surface area contributed by atoms with Crippen molar-refractivity contribution in [1.82, 2.24) is 9.97 Å². The van der Waals surface area contributed by atoms with Gasteiger partial charge in [0.1, 0.15) is 0 Å². The molecule has 0 N–H and O–H groups in total. The first-order valence-corrected chi connectivity index (χ1v) is 4.75. The zero-order valence-electron chi connectivity index (χ0n) is 8.09. The Bertz CT molecular complexity index is 320. The molecule has 0 bridgehead atoms. The van der Waals surface area contributed by atoms with E-state index in [1.165, 1.54) is 6.92 Å². The van der Waals surface area contributed by atoms with Crippen LogP contribution in [0, 0.1) is 6.92 Å². The van der Waals surface area contributed by atoms with Gasteiger partial charge in [0, 0.05) is 5.69 Å². The molecule has 14 heavy (non-hydrogen) atoms. The van der Waals surface area contributed by atoms with Crippen LogP contribution in [0.1, 0.15) is 5.69 Å². The molecule has 2 nitrogen and oxygen atoms in total. The van der Waals surface area contributed by atoms with Crippen LogP contribution in [0.2, 0.25) is 0 Å². The maximum Gasteiger partial charge on any atom is 1.00 e. The Balaban J connectivity index is 0.00000169. The van der Waals surface area contributed by atoms with E-state index >= 15 is 0 Å². The number of halogens is 3. The third kappa shape index (κ3) is 4.20. The zero-order chi connectivity index (χ0) is 10.1. The van der Waals surface area contributed by atoms with Gasteiger partial charge in [0.2, 0.25) is 0 Å². The van der Waals surface area contributed by atoms with E-state index in [2.05, 4.69) is 9.97 Å². The average Bonchev–Trinajstić information content (AvgIpc) is 2.01. The van der Waals surface area contributed by atoms with Crippen LogP contribution in [0.25, 0.3) is 0 Å². The molecule has 0 aliphatic heterocycles. The molecule has 8 heteroatoms. The normalized spacial score (nSPS) is 10.9. The third-order valence-electron chi connectivity index (χ3n) is 1.37. The maximum absolute atomic E-state index is 12.2. The van der Waals surface area contributed by atoms with Gasteiger partial charge in [-0.1, -0.05) is 11.8 Å². The van der Waals surface area contributed by atoms with Crippen molar-refractivity contribution in [2.24, 2.45) is 0 Å². The quantitative estimate of drug-likeness (QED) is 0.363. The van der Waals surface area contributed by atoms with E-state index < -0.39 is 12.6 Å². The van der Waals surface area contributed by atoms with E-state index in [-0.39, 0.29) is 56.5 Å². The second-order valence-corrected chi connectivity index (χ2v) is 3.27. The fourth-order valence-corrected chi connectivity index (χ4v) is 1.26. The smallest absolute Gasteiger partial charge is 0.444 e. The van der Waals surface area contributed by atoms with Gasteiger partial charge in [0.05, 0.1) is 0 Å². The van der Waals surface area contributed by atoms with Crippen LogP contribution in [-0.2, 0) is 0 Å². The molecule has 0 radical (unpaired) electrons. The Morgan fingerprint density at radius 2 is 1.86 bits per heavy atom. The molecule has 0 aliphatic rings. The number of hydrogen-bond acceptors (Lipinski definition) is 3. The summed E-state index contributed by atoms with van der Waals surface area (Å²) >= 11 is 1.10. The molecule has 1 aromatic heterocycles. The van der Waals surface area contributed by atoms with Gasteiger partial charge in [-0.25, -0.2) is 4.98 Å². The minimum Gasteiger partial charge on any atom is -0.444 e. The summed E-state index contributed by atoms with van der Waals surface area (Å²) in [6.07, 6.45) is 1.64. The number of aryl methyl sites for hydroxylation is 1. The predicted octanol–water partition coefficient (Wildman–Crippen LogP) is -1.43. The van der Waals surface area contributed by atoms with Crippen molar-refractivity contribution in [1.29, 1.82) is 0 Å². The Hall–Kier alpha value is 0.921. The molecule has 0 amide bonds. The molecule has 0 spiro atoms.